The largest absolute Gasteiger partial charge is 0.310 e. The van der Waals surface area contributed by atoms with Crippen molar-refractivity contribution in [2.45, 2.75) is 39.2 Å². The van der Waals surface area contributed by atoms with Crippen LogP contribution in [0.3, 0.4) is 0 Å². The number of nitrogens with one attached hydrogen (secondary N) is 1. The molecule has 14 heavy (non-hydrogen) atoms. The Bertz CT molecular complexity index is 317. The molecule has 1 aromatic rings. The lowest BCUT2D eigenvalue weighted by atomic mass is 9.87. The molecule has 1 heteroatoms. The van der Waals surface area contributed by atoms with Crippen molar-refractivity contribution in [3.8, 4) is 0 Å². The molecule has 1 aliphatic carbocycles. The maximum absolute atomic E-state index is 3.57. The molecule has 0 aliphatic heterocycles. The van der Waals surface area contributed by atoms with E-state index in [9.17, 15) is 0 Å². The van der Waals surface area contributed by atoms with Crippen molar-refractivity contribution in [3.63, 3.8) is 0 Å². The van der Waals surface area contributed by atoms with Gasteiger partial charge in [0.15, 0.2) is 0 Å². The fourth-order valence-electron chi connectivity index (χ4n) is 2.38. The molecule has 1 nitrogen and oxygen atoms in total. The van der Waals surface area contributed by atoms with Crippen LogP contribution in [-0.4, -0.2) is 6.54 Å². The molecule has 0 bridgehead atoms. The summed E-state index contributed by atoms with van der Waals surface area (Å²) >= 11 is 0. The average molecular weight is 189 g/mol. The van der Waals surface area contributed by atoms with Gasteiger partial charge in [-0.1, -0.05) is 30.7 Å². The summed E-state index contributed by atoms with van der Waals surface area (Å²) in [5, 5.41) is 3.57. The van der Waals surface area contributed by atoms with Gasteiger partial charge < -0.3 is 5.32 Å². The van der Waals surface area contributed by atoms with E-state index >= 15 is 0 Å². The zero-order chi connectivity index (χ0) is 9.97. The quantitative estimate of drug-likeness (QED) is 0.754. The number of hydrogen-bond acceptors (Lipinski definition) is 1. The van der Waals surface area contributed by atoms with Gasteiger partial charge in [0.2, 0.25) is 0 Å². The minimum absolute atomic E-state index is 0.601. The Morgan fingerprint density at radius 1 is 1.43 bits per heavy atom. The first-order valence-corrected chi connectivity index (χ1v) is 5.64. The maximum Gasteiger partial charge on any atom is 0.0323 e. The van der Waals surface area contributed by atoms with Crippen LogP contribution in [0.1, 0.15) is 42.5 Å². The zero-order valence-electron chi connectivity index (χ0n) is 9.14. The fraction of sp³-hybridized carbons (Fsp3) is 0.538. The minimum Gasteiger partial charge on any atom is -0.310 e. The van der Waals surface area contributed by atoms with Crippen LogP contribution < -0.4 is 5.32 Å². The van der Waals surface area contributed by atoms with E-state index in [0.717, 1.165) is 6.54 Å². The second-order valence-electron chi connectivity index (χ2n) is 4.20. The molecule has 0 spiro atoms. The number of aryl methyl sites for hydroxylation is 2. The number of fused-ring (bicyclic) bond motifs is 1. The van der Waals surface area contributed by atoms with E-state index in [-0.39, 0.29) is 0 Å². The molecular formula is C13H19N. The van der Waals surface area contributed by atoms with Gasteiger partial charge in [-0.25, -0.2) is 0 Å². The van der Waals surface area contributed by atoms with Crippen molar-refractivity contribution in [1.82, 2.24) is 5.32 Å². The van der Waals surface area contributed by atoms with E-state index < -0.39 is 0 Å². The summed E-state index contributed by atoms with van der Waals surface area (Å²) in [5.41, 5.74) is 4.47. The van der Waals surface area contributed by atoms with Crippen LogP contribution in [-0.2, 0) is 6.42 Å². The Labute approximate surface area is 86.5 Å². The van der Waals surface area contributed by atoms with Crippen molar-refractivity contribution in [1.29, 1.82) is 0 Å². The van der Waals surface area contributed by atoms with Gasteiger partial charge in [-0.05, 0) is 43.9 Å². The molecule has 1 aromatic carbocycles. The summed E-state index contributed by atoms with van der Waals surface area (Å²) in [5.74, 6) is 0. The van der Waals surface area contributed by atoms with Crippen LogP contribution in [0.25, 0.3) is 0 Å². The first kappa shape index (κ1) is 9.72. The third kappa shape index (κ3) is 1.83. The normalized spacial score (nSPS) is 20.6. The third-order valence-electron chi connectivity index (χ3n) is 3.07. The molecule has 1 N–H and O–H groups in total. The van der Waals surface area contributed by atoms with Crippen LogP contribution in [0.5, 0.6) is 0 Å². The highest BCUT2D eigenvalue weighted by Crippen LogP contribution is 2.30. The summed E-state index contributed by atoms with van der Waals surface area (Å²) in [6.45, 7) is 5.43. The van der Waals surface area contributed by atoms with Crippen LogP contribution in [0.2, 0.25) is 0 Å². The predicted octanol–water partition coefficient (Wildman–Crippen LogP) is 2.98. The summed E-state index contributed by atoms with van der Waals surface area (Å²) in [6, 6.07) is 7.48. The molecule has 0 amide bonds. The number of hydrogen-bond donors (Lipinski definition) is 1. The Morgan fingerprint density at radius 2 is 2.29 bits per heavy atom. The van der Waals surface area contributed by atoms with Gasteiger partial charge in [0.1, 0.15) is 0 Å². The van der Waals surface area contributed by atoms with Crippen molar-refractivity contribution < 1.29 is 0 Å². The molecule has 1 unspecified atom stereocenters. The number of benzene rings is 1. The van der Waals surface area contributed by atoms with Crippen LogP contribution >= 0.6 is 0 Å². The second-order valence-corrected chi connectivity index (χ2v) is 4.20. The van der Waals surface area contributed by atoms with E-state index in [0.29, 0.717) is 6.04 Å². The molecule has 0 saturated heterocycles. The lowest BCUT2D eigenvalue weighted by Gasteiger charge is -2.26. The third-order valence-corrected chi connectivity index (χ3v) is 3.07. The average Bonchev–Trinajstić information content (AvgIpc) is 2.19. The molecule has 0 fully saturated rings. The summed E-state index contributed by atoms with van der Waals surface area (Å²) in [7, 11) is 0. The van der Waals surface area contributed by atoms with E-state index in [1.807, 2.05) is 0 Å². The maximum atomic E-state index is 3.57. The highest BCUT2D eigenvalue weighted by Gasteiger charge is 2.18. The lowest BCUT2D eigenvalue weighted by molar-refractivity contribution is 0.471. The predicted molar refractivity (Wildman–Crippen MR) is 60.5 cm³/mol. The Hall–Kier alpha value is -0.820. The molecular weight excluding hydrogens is 170 g/mol. The Kier molecular flexibility index (Phi) is 2.87. The monoisotopic (exact) mass is 189 g/mol. The first-order chi connectivity index (χ1) is 6.81. The second kappa shape index (κ2) is 4.14. The van der Waals surface area contributed by atoms with Crippen LogP contribution in [0.15, 0.2) is 18.2 Å². The van der Waals surface area contributed by atoms with Gasteiger partial charge in [-0.15, -0.1) is 0 Å². The standard InChI is InChI=1S/C13H19N/c1-3-14-13-6-4-5-11-8-7-10(2)9-12(11)13/h7-9,13-14H,3-6H2,1-2H3. The van der Waals surface area contributed by atoms with Crippen LogP contribution in [0.4, 0.5) is 0 Å². The van der Waals surface area contributed by atoms with Gasteiger partial charge >= 0.3 is 0 Å². The van der Waals surface area contributed by atoms with Crippen molar-refractivity contribution in [2.24, 2.45) is 0 Å². The highest BCUT2D eigenvalue weighted by molar-refractivity contribution is 5.35. The zero-order valence-corrected chi connectivity index (χ0v) is 9.14. The molecule has 1 aliphatic rings. The summed E-state index contributed by atoms with van der Waals surface area (Å²) < 4.78 is 0. The lowest BCUT2D eigenvalue weighted by Crippen LogP contribution is -2.24. The topological polar surface area (TPSA) is 12.0 Å². The van der Waals surface area contributed by atoms with E-state index in [1.54, 1.807) is 5.56 Å². The summed E-state index contributed by atoms with van der Waals surface area (Å²) in [4.78, 5) is 0. The summed E-state index contributed by atoms with van der Waals surface area (Å²) in [6.07, 6.45) is 3.88. The van der Waals surface area contributed by atoms with Gasteiger partial charge in [0, 0.05) is 6.04 Å². The van der Waals surface area contributed by atoms with Crippen LogP contribution in [0, 0.1) is 6.92 Å². The SMILES string of the molecule is CCNC1CCCc2ccc(C)cc21. The number of rotatable bonds is 2. The highest BCUT2D eigenvalue weighted by atomic mass is 14.9. The van der Waals surface area contributed by atoms with Crippen molar-refractivity contribution in [3.05, 3.63) is 34.9 Å². The van der Waals surface area contributed by atoms with E-state index in [2.05, 4.69) is 37.4 Å². The Morgan fingerprint density at radius 3 is 3.07 bits per heavy atom. The molecule has 0 radical (unpaired) electrons. The fourth-order valence-corrected chi connectivity index (χ4v) is 2.38. The molecule has 0 saturated carbocycles. The minimum atomic E-state index is 0.601. The van der Waals surface area contributed by atoms with Gasteiger partial charge in [0.05, 0.1) is 0 Å². The molecule has 0 aromatic heterocycles. The van der Waals surface area contributed by atoms with Crippen molar-refractivity contribution >= 4 is 0 Å². The van der Waals surface area contributed by atoms with E-state index in [4.69, 9.17) is 0 Å². The first-order valence-electron chi connectivity index (χ1n) is 5.64. The van der Waals surface area contributed by atoms with E-state index in [1.165, 1.54) is 30.4 Å². The molecule has 1 atom stereocenters. The molecule has 2 rings (SSSR count). The van der Waals surface area contributed by atoms with Gasteiger partial charge in [0.25, 0.3) is 0 Å². The smallest absolute Gasteiger partial charge is 0.0323 e. The molecule has 0 heterocycles. The van der Waals surface area contributed by atoms with Crippen molar-refractivity contribution in [2.75, 3.05) is 6.54 Å². The van der Waals surface area contributed by atoms with Gasteiger partial charge in [-0.3, -0.25) is 0 Å². The molecule has 76 valence electrons. The Balaban J connectivity index is 2.32. The van der Waals surface area contributed by atoms with Gasteiger partial charge in [-0.2, -0.15) is 0 Å².